The highest BCUT2D eigenvalue weighted by atomic mass is 32.1. The van der Waals surface area contributed by atoms with Crippen LogP contribution in [0.15, 0.2) is 82.1 Å². The summed E-state index contributed by atoms with van der Waals surface area (Å²) in [5, 5.41) is 9.63. The summed E-state index contributed by atoms with van der Waals surface area (Å²) in [5.74, 6) is 1.45. The lowest BCUT2D eigenvalue weighted by Crippen LogP contribution is -2.38. The molecule has 1 aliphatic heterocycles. The number of allylic oxidation sites excluding steroid dienone is 1. The summed E-state index contributed by atoms with van der Waals surface area (Å²) in [5.41, 5.74) is 6.19. The van der Waals surface area contributed by atoms with E-state index in [1.54, 1.807) is 38.5 Å². The largest absolute Gasteiger partial charge is 0.508 e. The molecule has 7 heteroatoms. The number of phenolic OH excluding ortho intramolecular Hbond substituents is 1. The van der Waals surface area contributed by atoms with Gasteiger partial charge in [0.1, 0.15) is 5.75 Å². The van der Waals surface area contributed by atoms with Gasteiger partial charge in [-0.3, -0.25) is 9.36 Å². The number of thiazole rings is 1. The molecule has 3 aromatic carbocycles. The molecule has 6 nitrogen and oxygen atoms in total. The molecule has 0 bridgehead atoms. The number of aromatic hydroxyl groups is 1. The summed E-state index contributed by atoms with van der Waals surface area (Å²) in [6.45, 7) is 0. The van der Waals surface area contributed by atoms with Crippen molar-refractivity contribution in [3.05, 3.63) is 114 Å². The molecule has 2 heterocycles. The predicted octanol–water partition coefficient (Wildman–Crippen LogP) is 4.04. The van der Waals surface area contributed by atoms with E-state index in [0.29, 0.717) is 20.8 Å². The first-order valence-corrected chi connectivity index (χ1v) is 12.5. The molecule has 36 heavy (non-hydrogen) atoms. The van der Waals surface area contributed by atoms with Gasteiger partial charge in [0, 0.05) is 5.56 Å². The number of hydrogen-bond acceptors (Lipinski definition) is 6. The van der Waals surface area contributed by atoms with Crippen molar-refractivity contribution in [3.63, 3.8) is 0 Å². The van der Waals surface area contributed by atoms with E-state index in [2.05, 4.69) is 18.2 Å². The Hall–Kier alpha value is -4.10. The van der Waals surface area contributed by atoms with Crippen LogP contribution in [0.4, 0.5) is 0 Å². The van der Waals surface area contributed by atoms with Crippen molar-refractivity contribution in [1.82, 2.24) is 4.57 Å². The third kappa shape index (κ3) is 3.63. The second kappa shape index (κ2) is 8.84. The smallest absolute Gasteiger partial charge is 0.271 e. The van der Waals surface area contributed by atoms with E-state index >= 15 is 0 Å². The molecule has 0 amide bonds. The van der Waals surface area contributed by atoms with Gasteiger partial charge in [0.25, 0.3) is 5.56 Å². The molecule has 2 aliphatic rings. The van der Waals surface area contributed by atoms with Crippen molar-refractivity contribution >= 4 is 23.1 Å². The Labute approximate surface area is 211 Å². The standard InChI is InChI=1S/C29H24N2O4S/c1-34-23-14-10-19(16-24(23)35-2)27-22-13-9-18-5-3-4-6-21(18)26(22)30-29-31(27)28(33)25(36-29)15-17-7-11-20(32)12-8-17/h3-8,10-12,14-16,27,32H,9,13H2,1-2H3. The molecule has 1 aromatic heterocycles. The van der Waals surface area contributed by atoms with Gasteiger partial charge >= 0.3 is 0 Å². The van der Waals surface area contributed by atoms with Crippen molar-refractivity contribution in [2.45, 2.75) is 18.9 Å². The van der Waals surface area contributed by atoms with Gasteiger partial charge in [-0.1, -0.05) is 53.8 Å². The lowest BCUT2D eigenvalue weighted by atomic mass is 9.83. The molecule has 0 saturated carbocycles. The number of benzene rings is 3. The van der Waals surface area contributed by atoms with Crippen LogP contribution in [0, 0.1) is 0 Å². The van der Waals surface area contributed by atoms with Crippen LogP contribution in [0.3, 0.4) is 0 Å². The van der Waals surface area contributed by atoms with Crippen LogP contribution < -0.4 is 24.4 Å². The molecular formula is C29H24N2O4S. The van der Waals surface area contributed by atoms with Crippen molar-refractivity contribution in [1.29, 1.82) is 0 Å². The van der Waals surface area contributed by atoms with E-state index in [1.807, 2.05) is 34.9 Å². The Morgan fingerprint density at radius 1 is 1.00 bits per heavy atom. The SMILES string of the molecule is COc1ccc(C2C3=C(N=c4sc(=Cc5ccc(O)cc5)c(=O)n42)c2ccccc2CC3)cc1OC. The van der Waals surface area contributed by atoms with E-state index in [4.69, 9.17) is 14.5 Å². The molecule has 0 fully saturated rings. The van der Waals surface area contributed by atoms with Crippen LogP contribution in [-0.2, 0) is 6.42 Å². The van der Waals surface area contributed by atoms with Crippen LogP contribution in [0.2, 0.25) is 0 Å². The molecule has 6 rings (SSSR count). The first kappa shape index (κ1) is 22.4. The van der Waals surface area contributed by atoms with Crippen LogP contribution in [-0.4, -0.2) is 23.9 Å². The maximum atomic E-state index is 13.8. The Morgan fingerprint density at radius 2 is 1.78 bits per heavy atom. The molecule has 1 unspecified atom stereocenters. The second-order valence-corrected chi connectivity index (χ2v) is 9.83. The highest BCUT2D eigenvalue weighted by Crippen LogP contribution is 2.42. The highest BCUT2D eigenvalue weighted by Gasteiger charge is 2.33. The van der Waals surface area contributed by atoms with Gasteiger partial charge in [-0.05, 0) is 65.4 Å². The molecule has 1 N–H and O–H groups in total. The van der Waals surface area contributed by atoms with Crippen LogP contribution in [0.5, 0.6) is 17.2 Å². The summed E-state index contributed by atoms with van der Waals surface area (Å²) < 4.78 is 13.5. The Bertz CT molecular complexity index is 1700. The van der Waals surface area contributed by atoms with Crippen molar-refractivity contribution < 1.29 is 14.6 Å². The zero-order valence-corrected chi connectivity index (χ0v) is 20.7. The molecule has 0 spiro atoms. The van der Waals surface area contributed by atoms with Gasteiger partial charge in [-0.25, -0.2) is 4.99 Å². The third-order valence-electron chi connectivity index (χ3n) is 6.79. The van der Waals surface area contributed by atoms with Crippen molar-refractivity contribution in [2.24, 2.45) is 4.99 Å². The number of nitrogens with zero attached hydrogens (tertiary/aromatic N) is 2. The van der Waals surface area contributed by atoms with E-state index in [9.17, 15) is 9.90 Å². The number of aromatic nitrogens is 1. The van der Waals surface area contributed by atoms with Gasteiger partial charge in [0.2, 0.25) is 0 Å². The molecule has 180 valence electrons. The van der Waals surface area contributed by atoms with Crippen LogP contribution in [0.25, 0.3) is 11.8 Å². The summed E-state index contributed by atoms with van der Waals surface area (Å²) in [6.07, 6.45) is 3.56. The zero-order chi connectivity index (χ0) is 24.8. The quantitative estimate of drug-likeness (QED) is 0.463. The highest BCUT2D eigenvalue weighted by molar-refractivity contribution is 7.07. The summed E-state index contributed by atoms with van der Waals surface area (Å²) in [6, 6.07) is 20.7. The zero-order valence-electron chi connectivity index (χ0n) is 19.9. The topological polar surface area (TPSA) is 73.0 Å². The lowest BCUT2D eigenvalue weighted by Gasteiger charge is -2.31. The fourth-order valence-electron chi connectivity index (χ4n) is 5.07. The molecule has 0 radical (unpaired) electrons. The van der Waals surface area contributed by atoms with Crippen LogP contribution >= 0.6 is 11.3 Å². The van der Waals surface area contributed by atoms with E-state index < -0.39 is 0 Å². The first-order valence-electron chi connectivity index (χ1n) is 11.7. The number of hydrogen-bond donors (Lipinski definition) is 1. The number of aryl methyl sites for hydroxylation is 1. The minimum absolute atomic E-state index is 0.0861. The minimum atomic E-state index is -0.300. The van der Waals surface area contributed by atoms with Crippen molar-refractivity contribution in [2.75, 3.05) is 14.2 Å². The molecule has 1 aliphatic carbocycles. The maximum absolute atomic E-state index is 13.8. The number of fused-ring (bicyclic) bond motifs is 3. The Balaban J connectivity index is 1.62. The number of ether oxygens (including phenoxy) is 2. The van der Waals surface area contributed by atoms with E-state index in [1.165, 1.54) is 16.9 Å². The predicted molar refractivity (Wildman–Crippen MR) is 140 cm³/mol. The summed E-state index contributed by atoms with van der Waals surface area (Å²) in [4.78, 5) is 19.5. The number of phenols is 1. The third-order valence-corrected chi connectivity index (χ3v) is 7.77. The fraction of sp³-hybridized carbons (Fsp3) is 0.172. The normalized spacial score (nSPS) is 16.6. The van der Waals surface area contributed by atoms with Gasteiger partial charge in [-0.15, -0.1) is 0 Å². The second-order valence-electron chi connectivity index (χ2n) is 8.82. The van der Waals surface area contributed by atoms with Gasteiger partial charge < -0.3 is 14.6 Å². The monoisotopic (exact) mass is 496 g/mol. The van der Waals surface area contributed by atoms with Gasteiger partial charge in [-0.2, -0.15) is 0 Å². The summed E-state index contributed by atoms with van der Waals surface area (Å²) in [7, 11) is 3.23. The molecule has 1 atom stereocenters. The van der Waals surface area contributed by atoms with Gasteiger partial charge in [0.05, 0.1) is 30.5 Å². The van der Waals surface area contributed by atoms with Crippen molar-refractivity contribution in [3.8, 4) is 17.2 Å². The molecule has 4 aromatic rings. The van der Waals surface area contributed by atoms with E-state index in [-0.39, 0.29) is 17.4 Å². The van der Waals surface area contributed by atoms with Gasteiger partial charge in [0.15, 0.2) is 16.3 Å². The maximum Gasteiger partial charge on any atom is 0.271 e. The molecule has 0 saturated heterocycles. The Morgan fingerprint density at radius 3 is 2.56 bits per heavy atom. The Kier molecular flexibility index (Phi) is 5.49. The fourth-order valence-corrected chi connectivity index (χ4v) is 6.07. The average molecular weight is 497 g/mol. The first-order chi connectivity index (χ1) is 17.6. The van der Waals surface area contributed by atoms with E-state index in [0.717, 1.165) is 40.8 Å². The number of rotatable bonds is 4. The average Bonchev–Trinajstić information content (AvgIpc) is 3.22. The number of methoxy groups -OCH3 is 2. The lowest BCUT2D eigenvalue weighted by molar-refractivity contribution is 0.354. The minimum Gasteiger partial charge on any atom is -0.508 e. The summed E-state index contributed by atoms with van der Waals surface area (Å²) >= 11 is 1.38. The molecular weight excluding hydrogens is 472 g/mol. The van der Waals surface area contributed by atoms with Crippen LogP contribution in [0.1, 0.15) is 34.7 Å².